The van der Waals surface area contributed by atoms with Gasteiger partial charge in [-0.1, -0.05) is 51.1 Å². The SMILES string of the molecule is COCN(Cc1ccccc1)CC(C)(C)C. The molecule has 1 aromatic carbocycles. The molecule has 1 aromatic rings. The smallest absolute Gasteiger partial charge is 0.0989 e. The van der Waals surface area contributed by atoms with E-state index in [1.807, 2.05) is 6.07 Å². The van der Waals surface area contributed by atoms with Gasteiger partial charge >= 0.3 is 0 Å². The van der Waals surface area contributed by atoms with Crippen molar-refractivity contribution < 1.29 is 4.74 Å². The van der Waals surface area contributed by atoms with Gasteiger partial charge in [-0.05, 0) is 11.0 Å². The molecule has 0 saturated heterocycles. The highest BCUT2D eigenvalue weighted by Crippen LogP contribution is 2.16. The van der Waals surface area contributed by atoms with Crippen molar-refractivity contribution in [2.24, 2.45) is 5.41 Å². The molecular weight excluding hydrogens is 198 g/mol. The summed E-state index contributed by atoms with van der Waals surface area (Å²) in [6, 6.07) is 10.5. The van der Waals surface area contributed by atoms with Crippen molar-refractivity contribution in [3.63, 3.8) is 0 Å². The summed E-state index contributed by atoms with van der Waals surface area (Å²) in [5, 5.41) is 0. The fourth-order valence-electron chi connectivity index (χ4n) is 1.84. The van der Waals surface area contributed by atoms with E-state index in [2.05, 4.69) is 49.9 Å². The molecule has 2 nitrogen and oxygen atoms in total. The predicted octanol–water partition coefficient (Wildman–Crippen LogP) is 3.14. The average molecular weight is 221 g/mol. The Morgan fingerprint density at radius 2 is 1.75 bits per heavy atom. The zero-order valence-electron chi connectivity index (χ0n) is 10.9. The molecule has 0 amide bonds. The molecule has 0 bridgehead atoms. The summed E-state index contributed by atoms with van der Waals surface area (Å²) in [4.78, 5) is 2.33. The van der Waals surface area contributed by atoms with E-state index >= 15 is 0 Å². The summed E-state index contributed by atoms with van der Waals surface area (Å²) < 4.78 is 5.25. The summed E-state index contributed by atoms with van der Waals surface area (Å²) in [6.45, 7) is 9.43. The zero-order chi connectivity index (χ0) is 12.0. The van der Waals surface area contributed by atoms with Crippen LogP contribution in [0.3, 0.4) is 0 Å². The van der Waals surface area contributed by atoms with E-state index in [1.165, 1.54) is 5.56 Å². The number of rotatable bonds is 5. The lowest BCUT2D eigenvalue weighted by Gasteiger charge is -2.29. The first-order valence-corrected chi connectivity index (χ1v) is 5.76. The summed E-state index contributed by atoms with van der Waals surface area (Å²) >= 11 is 0. The van der Waals surface area contributed by atoms with Crippen LogP contribution in [0.4, 0.5) is 0 Å². The molecule has 0 N–H and O–H groups in total. The van der Waals surface area contributed by atoms with E-state index in [1.54, 1.807) is 7.11 Å². The fourth-order valence-corrected chi connectivity index (χ4v) is 1.84. The molecule has 1 rings (SSSR count). The Morgan fingerprint density at radius 3 is 2.25 bits per heavy atom. The molecule has 0 fully saturated rings. The number of benzene rings is 1. The first kappa shape index (κ1) is 13.2. The molecule has 2 heteroatoms. The van der Waals surface area contributed by atoms with Crippen LogP contribution in [0.1, 0.15) is 26.3 Å². The largest absolute Gasteiger partial charge is 0.369 e. The fraction of sp³-hybridized carbons (Fsp3) is 0.571. The van der Waals surface area contributed by atoms with Gasteiger partial charge in [0.2, 0.25) is 0 Å². The van der Waals surface area contributed by atoms with E-state index in [0.717, 1.165) is 13.1 Å². The number of ether oxygens (including phenoxy) is 1. The van der Waals surface area contributed by atoms with E-state index in [0.29, 0.717) is 12.1 Å². The minimum Gasteiger partial charge on any atom is -0.369 e. The van der Waals surface area contributed by atoms with Gasteiger partial charge in [0.15, 0.2) is 0 Å². The molecule has 0 aromatic heterocycles. The first-order chi connectivity index (χ1) is 7.51. The highest BCUT2D eigenvalue weighted by atomic mass is 16.5. The summed E-state index contributed by atoms with van der Waals surface area (Å²) in [7, 11) is 1.75. The van der Waals surface area contributed by atoms with Crippen LogP contribution < -0.4 is 0 Å². The quantitative estimate of drug-likeness (QED) is 0.708. The standard InChI is InChI=1S/C14H23NO/c1-14(2,3)11-15(12-16-4)10-13-8-6-5-7-9-13/h5-9H,10-12H2,1-4H3. The lowest BCUT2D eigenvalue weighted by atomic mass is 9.96. The van der Waals surface area contributed by atoms with E-state index in [-0.39, 0.29) is 0 Å². The van der Waals surface area contributed by atoms with Crippen LogP contribution in [0, 0.1) is 5.41 Å². The van der Waals surface area contributed by atoms with Gasteiger partial charge in [-0.25, -0.2) is 0 Å². The molecule has 0 aliphatic heterocycles. The first-order valence-electron chi connectivity index (χ1n) is 5.76. The second-order valence-electron chi connectivity index (χ2n) is 5.45. The highest BCUT2D eigenvalue weighted by Gasteiger charge is 2.16. The number of nitrogens with zero attached hydrogens (tertiary/aromatic N) is 1. The topological polar surface area (TPSA) is 12.5 Å². The molecular formula is C14H23NO. The lowest BCUT2D eigenvalue weighted by molar-refractivity contribution is 0.0360. The van der Waals surface area contributed by atoms with E-state index in [9.17, 15) is 0 Å². The minimum atomic E-state index is 0.299. The molecule has 90 valence electrons. The second kappa shape index (κ2) is 6.02. The van der Waals surface area contributed by atoms with Crippen LogP contribution in [0.25, 0.3) is 0 Å². The van der Waals surface area contributed by atoms with Crippen molar-refractivity contribution >= 4 is 0 Å². The maximum Gasteiger partial charge on any atom is 0.0989 e. The molecule has 0 saturated carbocycles. The molecule has 0 unspecified atom stereocenters. The molecule has 0 atom stereocenters. The maximum absolute atomic E-state index is 5.25. The Hall–Kier alpha value is -0.860. The third-order valence-electron chi connectivity index (χ3n) is 2.26. The van der Waals surface area contributed by atoms with Crippen molar-refractivity contribution in [2.45, 2.75) is 27.3 Å². The Balaban J connectivity index is 2.58. The maximum atomic E-state index is 5.25. The van der Waals surface area contributed by atoms with Crippen molar-refractivity contribution in [1.82, 2.24) is 4.90 Å². The molecule has 0 heterocycles. The van der Waals surface area contributed by atoms with Gasteiger partial charge < -0.3 is 4.74 Å². The second-order valence-corrected chi connectivity index (χ2v) is 5.45. The van der Waals surface area contributed by atoms with Gasteiger partial charge in [-0.2, -0.15) is 0 Å². The Kier molecular flexibility index (Phi) is 4.97. The zero-order valence-corrected chi connectivity index (χ0v) is 10.9. The highest BCUT2D eigenvalue weighted by molar-refractivity contribution is 5.14. The van der Waals surface area contributed by atoms with Gasteiger partial charge in [-0.15, -0.1) is 0 Å². The summed E-state index contributed by atoms with van der Waals surface area (Å²) in [5.41, 5.74) is 1.64. The minimum absolute atomic E-state index is 0.299. The average Bonchev–Trinajstić information content (AvgIpc) is 2.17. The van der Waals surface area contributed by atoms with Crippen LogP contribution in [-0.4, -0.2) is 25.3 Å². The van der Waals surface area contributed by atoms with Gasteiger partial charge in [0.25, 0.3) is 0 Å². The summed E-state index contributed by atoms with van der Waals surface area (Å²) in [5.74, 6) is 0. The molecule has 0 spiro atoms. The molecule has 0 radical (unpaired) electrons. The van der Waals surface area contributed by atoms with Crippen molar-refractivity contribution in [3.8, 4) is 0 Å². The predicted molar refractivity (Wildman–Crippen MR) is 68.2 cm³/mol. The van der Waals surface area contributed by atoms with Crippen molar-refractivity contribution in [2.75, 3.05) is 20.4 Å². The van der Waals surface area contributed by atoms with Crippen LogP contribution in [0.5, 0.6) is 0 Å². The molecule has 16 heavy (non-hydrogen) atoms. The van der Waals surface area contributed by atoms with Gasteiger partial charge in [0.05, 0.1) is 6.73 Å². The van der Waals surface area contributed by atoms with Crippen molar-refractivity contribution in [1.29, 1.82) is 0 Å². The van der Waals surface area contributed by atoms with Gasteiger partial charge in [-0.3, -0.25) is 4.90 Å². The van der Waals surface area contributed by atoms with Crippen LogP contribution in [0.2, 0.25) is 0 Å². The van der Waals surface area contributed by atoms with Crippen molar-refractivity contribution in [3.05, 3.63) is 35.9 Å². The molecule has 0 aliphatic rings. The van der Waals surface area contributed by atoms with Crippen LogP contribution in [0.15, 0.2) is 30.3 Å². The third kappa shape index (κ3) is 5.29. The number of hydrogen-bond donors (Lipinski definition) is 0. The third-order valence-corrected chi connectivity index (χ3v) is 2.26. The van der Waals surface area contributed by atoms with Crippen LogP contribution >= 0.6 is 0 Å². The monoisotopic (exact) mass is 221 g/mol. The number of methoxy groups -OCH3 is 1. The van der Waals surface area contributed by atoms with E-state index < -0.39 is 0 Å². The Labute approximate surface area is 99.2 Å². The Morgan fingerprint density at radius 1 is 1.12 bits per heavy atom. The van der Waals surface area contributed by atoms with Crippen LogP contribution in [-0.2, 0) is 11.3 Å². The Bertz CT molecular complexity index is 289. The van der Waals surface area contributed by atoms with Gasteiger partial charge in [0.1, 0.15) is 0 Å². The summed E-state index contributed by atoms with van der Waals surface area (Å²) in [6.07, 6.45) is 0. The van der Waals surface area contributed by atoms with E-state index in [4.69, 9.17) is 4.74 Å². The number of hydrogen-bond acceptors (Lipinski definition) is 2. The normalized spacial score (nSPS) is 12.1. The lowest BCUT2D eigenvalue weighted by Crippen LogP contribution is -2.33. The van der Waals surface area contributed by atoms with Gasteiger partial charge in [0, 0.05) is 20.2 Å². The molecule has 0 aliphatic carbocycles.